The SMILES string of the molecule is COc1ccc(CN2C3C(=O)c4ccccc4C2C(C)C3=O)cc1. The first kappa shape index (κ1) is 15.1. The quantitative estimate of drug-likeness (QED) is 0.815. The predicted octanol–water partition coefficient (Wildman–Crippen LogP) is 3.02. The van der Waals surface area contributed by atoms with E-state index in [-0.39, 0.29) is 23.5 Å². The van der Waals surface area contributed by atoms with Gasteiger partial charge in [0.2, 0.25) is 0 Å². The summed E-state index contributed by atoms with van der Waals surface area (Å²) >= 11 is 0. The van der Waals surface area contributed by atoms with Crippen molar-refractivity contribution in [2.24, 2.45) is 5.92 Å². The number of hydrogen-bond acceptors (Lipinski definition) is 4. The molecular weight excluding hydrogens is 302 g/mol. The van der Waals surface area contributed by atoms with Gasteiger partial charge in [0.1, 0.15) is 11.8 Å². The molecule has 4 nitrogen and oxygen atoms in total. The Hall–Kier alpha value is -2.46. The van der Waals surface area contributed by atoms with Crippen LogP contribution in [0.25, 0.3) is 0 Å². The summed E-state index contributed by atoms with van der Waals surface area (Å²) in [5, 5.41) is 0. The molecule has 4 heteroatoms. The zero-order chi connectivity index (χ0) is 16.8. The third-order valence-corrected chi connectivity index (χ3v) is 5.20. The van der Waals surface area contributed by atoms with Crippen LogP contribution in [0.1, 0.15) is 34.5 Å². The molecule has 3 atom stereocenters. The van der Waals surface area contributed by atoms with E-state index in [0.717, 1.165) is 16.9 Å². The lowest BCUT2D eigenvalue weighted by Crippen LogP contribution is -2.44. The van der Waals surface area contributed by atoms with E-state index < -0.39 is 6.04 Å². The first-order valence-corrected chi connectivity index (χ1v) is 8.17. The molecule has 0 amide bonds. The Balaban J connectivity index is 1.73. The van der Waals surface area contributed by atoms with Gasteiger partial charge in [0.25, 0.3) is 0 Å². The Kier molecular flexibility index (Phi) is 3.50. The first-order chi connectivity index (χ1) is 11.6. The van der Waals surface area contributed by atoms with Crippen molar-refractivity contribution in [3.8, 4) is 5.75 Å². The molecule has 2 aromatic rings. The molecule has 0 aliphatic carbocycles. The normalized spacial score (nSPS) is 25.7. The third-order valence-electron chi connectivity index (χ3n) is 5.20. The van der Waals surface area contributed by atoms with E-state index >= 15 is 0 Å². The average molecular weight is 321 g/mol. The van der Waals surface area contributed by atoms with Gasteiger partial charge in [-0.15, -0.1) is 0 Å². The third kappa shape index (κ3) is 2.10. The van der Waals surface area contributed by atoms with Gasteiger partial charge < -0.3 is 4.74 Å². The van der Waals surface area contributed by atoms with Crippen LogP contribution in [0.3, 0.4) is 0 Å². The van der Waals surface area contributed by atoms with Gasteiger partial charge in [0.05, 0.1) is 7.11 Å². The summed E-state index contributed by atoms with van der Waals surface area (Å²) in [7, 11) is 1.63. The Bertz CT molecular complexity index is 812. The monoisotopic (exact) mass is 321 g/mol. The minimum atomic E-state index is -0.651. The number of carbonyl (C=O) groups excluding carboxylic acids is 2. The van der Waals surface area contributed by atoms with E-state index in [1.165, 1.54) is 0 Å². The van der Waals surface area contributed by atoms with Crippen molar-refractivity contribution < 1.29 is 14.3 Å². The molecule has 4 rings (SSSR count). The summed E-state index contributed by atoms with van der Waals surface area (Å²) in [4.78, 5) is 27.6. The van der Waals surface area contributed by atoms with Crippen LogP contribution < -0.4 is 4.74 Å². The highest BCUT2D eigenvalue weighted by Crippen LogP contribution is 2.45. The number of Topliss-reactive ketones (excluding diaryl/α,β-unsaturated/α-hetero) is 2. The molecule has 2 aliphatic heterocycles. The Morgan fingerprint density at radius 3 is 2.46 bits per heavy atom. The molecular formula is C20H19NO3. The van der Waals surface area contributed by atoms with Crippen LogP contribution in [0.4, 0.5) is 0 Å². The van der Waals surface area contributed by atoms with Gasteiger partial charge in [-0.3, -0.25) is 14.5 Å². The van der Waals surface area contributed by atoms with Gasteiger partial charge >= 0.3 is 0 Å². The number of hydrogen-bond donors (Lipinski definition) is 0. The number of nitrogens with zero attached hydrogens (tertiary/aromatic N) is 1. The fourth-order valence-corrected chi connectivity index (χ4v) is 4.00. The topological polar surface area (TPSA) is 46.6 Å². The largest absolute Gasteiger partial charge is 0.497 e. The standard InChI is InChI=1S/C20H19NO3/c1-12-17-15-5-3-4-6-16(15)20(23)18(19(12)22)21(17)11-13-7-9-14(24-2)10-8-13/h3-10,12,17-18H,11H2,1-2H3. The fraction of sp³-hybridized carbons (Fsp3) is 0.300. The van der Waals surface area contributed by atoms with E-state index in [4.69, 9.17) is 4.74 Å². The number of ketones is 2. The molecule has 2 aliphatic rings. The molecule has 2 bridgehead atoms. The maximum Gasteiger partial charge on any atom is 0.187 e. The summed E-state index contributed by atoms with van der Waals surface area (Å²) in [5.74, 6) is 0.603. The van der Waals surface area contributed by atoms with E-state index in [2.05, 4.69) is 4.90 Å². The van der Waals surface area contributed by atoms with Crippen molar-refractivity contribution in [3.05, 3.63) is 65.2 Å². The number of ether oxygens (including phenoxy) is 1. The Morgan fingerprint density at radius 1 is 1.04 bits per heavy atom. The van der Waals surface area contributed by atoms with Crippen LogP contribution in [0.2, 0.25) is 0 Å². The molecule has 0 saturated carbocycles. The van der Waals surface area contributed by atoms with Gasteiger partial charge in [0, 0.05) is 24.1 Å². The summed E-state index contributed by atoms with van der Waals surface area (Å²) in [6, 6.07) is 14.7. The molecule has 0 aromatic heterocycles. The highest BCUT2D eigenvalue weighted by atomic mass is 16.5. The number of benzene rings is 2. The minimum Gasteiger partial charge on any atom is -0.497 e. The molecule has 0 N–H and O–H groups in total. The van der Waals surface area contributed by atoms with Crippen molar-refractivity contribution in [3.63, 3.8) is 0 Å². The van der Waals surface area contributed by atoms with Crippen LogP contribution in [-0.4, -0.2) is 29.6 Å². The lowest BCUT2D eigenvalue weighted by molar-refractivity contribution is -0.121. The summed E-state index contributed by atoms with van der Waals surface area (Å²) in [6.45, 7) is 2.51. The molecule has 2 heterocycles. The van der Waals surface area contributed by atoms with E-state index in [0.29, 0.717) is 12.1 Å². The van der Waals surface area contributed by atoms with Gasteiger partial charge in [-0.05, 0) is 23.3 Å². The molecule has 3 unspecified atom stereocenters. The van der Waals surface area contributed by atoms with E-state index in [1.54, 1.807) is 7.11 Å². The number of rotatable bonds is 3. The van der Waals surface area contributed by atoms with E-state index in [1.807, 2.05) is 55.5 Å². The smallest absolute Gasteiger partial charge is 0.187 e. The van der Waals surface area contributed by atoms with Crippen molar-refractivity contribution in [1.82, 2.24) is 4.90 Å². The van der Waals surface area contributed by atoms with Crippen LogP contribution in [-0.2, 0) is 11.3 Å². The predicted molar refractivity (Wildman–Crippen MR) is 90.0 cm³/mol. The highest BCUT2D eigenvalue weighted by molar-refractivity contribution is 6.18. The number of methoxy groups -OCH3 is 1. The summed E-state index contributed by atoms with van der Waals surface area (Å²) in [5.41, 5.74) is 2.75. The van der Waals surface area contributed by atoms with Crippen LogP contribution in [0.5, 0.6) is 5.75 Å². The lowest BCUT2D eigenvalue weighted by atomic mass is 9.90. The Morgan fingerprint density at radius 2 is 1.75 bits per heavy atom. The minimum absolute atomic E-state index is 0.0292. The average Bonchev–Trinajstić information content (AvgIpc) is 2.81. The van der Waals surface area contributed by atoms with E-state index in [9.17, 15) is 9.59 Å². The Labute approximate surface area is 141 Å². The summed E-state index contributed by atoms with van der Waals surface area (Å²) in [6.07, 6.45) is 0. The molecule has 0 spiro atoms. The molecule has 2 aromatic carbocycles. The van der Waals surface area contributed by atoms with Crippen LogP contribution in [0.15, 0.2) is 48.5 Å². The lowest BCUT2D eigenvalue weighted by Gasteiger charge is -2.35. The van der Waals surface area contributed by atoms with Gasteiger partial charge in [0.15, 0.2) is 11.6 Å². The highest BCUT2D eigenvalue weighted by Gasteiger charge is 2.54. The number of fused-ring (bicyclic) bond motifs is 4. The molecule has 0 radical (unpaired) electrons. The van der Waals surface area contributed by atoms with Gasteiger partial charge in [-0.25, -0.2) is 0 Å². The van der Waals surface area contributed by atoms with Crippen LogP contribution >= 0.6 is 0 Å². The maximum absolute atomic E-state index is 12.8. The van der Waals surface area contributed by atoms with Crippen molar-refractivity contribution in [2.75, 3.05) is 7.11 Å². The zero-order valence-electron chi connectivity index (χ0n) is 13.7. The molecule has 122 valence electrons. The number of carbonyl (C=O) groups is 2. The van der Waals surface area contributed by atoms with Gasteiger partial charge in [-0.2, -0.15) is 0 Å². The molecule has 1 saturated heterocycles. The van der Waals surface area contributed by atoms with Crippen LogP contribution in [0, 0.1) is 5.92 Å². The first-order valence-electron chi connectivity index (χ1n) is 8.17. The second-order valence-corrected chi connectivity index (χ2v) is 6.51. The second kappa shape index (κ2) is 5.56. The van der Waals surface area contributed by atoms with Gasteiger partial charge in [-0.1, -0.05) is 43.3 Å². The maximum atomic E-state index is 12.8. The fourth-order valence-electron chi connectivity index (χ4n) is 4.00. The van der Waals surface area contributed by atoms with Crippen molar-refractivity contribution in [1.29, 1.82) is 0 Å². The zero-order valence-corrected chi connectivity index (χ0v) is 13.7. The summed E-state index contributed by atoms with van der Waals surface area (Å²) < 4.78 is 5.19. The van der Waals surface area contributed by atoms with Crippen molar-refractivity contribution >= 4 is 11.6 Å². The van der Waals surface area contributed by atoms with Crippen molar-refractivity contribution in [2.45, 2.75) is 25.6 Å². The molecule has 1 fully saturated rings. The molecule has 24 heavy (non-hydrogen) atoms. The second-order valence-electron chi connectivity index (χ2n) is 6.51.